The molecule has 1 heterocycles. The van der Waals surface area contributed by atoms with E-state index in [0.29, 0.717) is 22.9 Å². The van der Waals surface area contributed by atoms with Gasteiger partial charge in [-0.2, -0.15) is 0 Å². The Labute approximate surface area is 195 Å². The lowest BCUT2D eigenvalue weighted by molar-refractivity contribution is 0.101. The number of aryl methyl sites for hydroxylation is 1. The molecule has 6 nitrogen and oxygen atoms in total. The van der Waals surface area contributed by atoms with Gasteiger partial charge in [0.15, 0.2) is 0 Å². The second-order valence-electron chi connectivity index (χ2n) is 7.48. The molecule has 2 N–H and O–H groups in total. The number of nitrogens with one attached hydrogen (secondary N) is 2. The maximum atomic E-state index is 13.8. The number of carbonyl (C=O) groups excluding carboxylic acids is 2. The molecule has 2 amide bonds. The first kappa shape index (κ1) is 22.2. The minimum atomic E-state index is -0.572. The quantitative estimate of drug-likeness (QED) is 0.395. The fourth-order valence-corrected chi connectivity index (χ4v) is 3.40. The summed E-state index contributed by atoms with van der Waals surface area (Å²) < 4.78 is 15.5. The van der Waals surface area contributed by atoms with Crippen LogP contribution in [0.15, 0.2) is 79.3 Å². The van der Waals surface area contributed by atoms with E-state index in [4.69, 9.17) is 11.6 Å². The van der Waals surface area contributed by atoms with Crippen LogP contribution in [0.1, 0.15) is 32.0 Å². The number of anilines is 2. The van der Waals surface area contributed by atoms with Crippen LogP contribution in [-0.4, -0.2) is 21.4 Å². The molecule has 3 aromatic carbocycles. The molecule has 0 radical (unpaired) electrons. The maximum Gasteiger partial charge on any atom is 0.275 e. The zero-order valence-corrected chi connectivity index (χ0v) is 18.4. The van der Waals surface area contributed by atoms with Crippen molar-refractivity contribution in [1.29, 1.82) is 0 Å². The average Bonchev–Trinajstić information content (AvgIpc) is 3.26. The summed E-state index contributed by atoms with van der Waals surface area (Å²) >= 11 is 6.01. The molecular weight excluding hydrogens is 443 g/mol. The molecular formula is C25H20ClFN4O2. The molecule has 4 rings (SSSR count). The van der Waals surface area contributed by atoms with Crippen LogP contribution in [0.4, 0.5) is 15.8 Å². The maximum absolute atomic E-state index is 13.8. The van der Waals surface area contributed by atoms with Crippen LogP contribution in [0.2, 0.25) is 5.02 Å². The number of imidazole rings is 1. The monoisotopic (exact) mass is 462 g/mol. The number of halogens is 2. The summed E-state index contributed by atoms with van der Waals surface area (Å²) in [5.74, 6) is -1.41. The molecule has 0 bridgehead atoms. The summed E-state index contributed by atoms with van der Waals surface area (Å²) in [6.45, 7) is 2.37. The third-order valence-corrected chi connectivity index (χ3v) is 5.24. The van der Waals surface area contributed by atoms with Gasteiger partial charge >= 0.3 is 0 Å². The van der Waals surface area contributed by atoms with Crippen LogP contribution in [0.25, 0.3) is 0 Å². The van der Waals surface area contributed by atoms with Gasteiger partial charge in [0.2, 0.25) is 0 Å². The number of rotatable bonds is 6. The SMILES string of the molecule is Cc1ccc(Cl)cc1NC(=O)c1cn(Cc2ccc(NC(=O)c3ccccc3F)cc2)cn1. The first-order valence-electron chi connectivity index (χ1n) is 10.1. The van der Waals surface area contributed by atoms with Gasteiger partial charge < -0.3 is 15.2 Å². The second-order valence-corrected chi connectivity index (χ2v) is 7.91. The molecule has 0 unspecified atom stereocenters. The Morgan fingerprint density at radius 3 is 2.52 bits per heavy atom. The van der Waals surface area contributed by atoms with E-state index in [1.54, 1.807) is 47.4 Å². The molecule has 0 aliphatic heterocycles. The van der Waals surface area contributed by atoms with Gasteiger partial charge in [0, 0.05) is 29.1 Å². The van der Waals surface area contributed by atoms with Gasteiger partial charge in [0.1, 0.15) is 11.5 Å². The van der Waals surface area contributed by atoms with E-state index < -0.39 is 11.7 Å². The van der Waals surface area contributed by atoms with E-state index in [2.05, 4.69) is 15.6 Å². The Bertz CT molecular complexity index is 1320. The molecule has 8 heteroatoms. The minimum absolute atomic E-state index is 0.0150. The van der Waals surface area contributed by atoms with Gasteiger partial charge in [0.25, 0.3) is 11.8 Å². The van der Waals surface area contributed by atoms with Crippen LogP contribution in [0.3, 0.4) is 0 Å². The van der Waals surface area contributed by atoms with Crippen molar-refractivity contribution >= 4 is 34.8 Å². The highest BCUT2D eigenvalue weighted by atomic mass is 35.5. The lowest BCUT2D eigenvalue weighted by atomic mass is 10.1. The fraction of sp³-hybridized carbons (Fsp3) is 0.0800. The zero-order valence-electron chi connectivity index (χ0n) is 17.7. The van der Waals surface area contributed by atoms with E-state index in [-0.39, 0.29) is 17.2 Å². The Morgan fingerprint density at radius 1 is 1.00 bits per heavy atom. The van der Waals surface area contributed by atoms with Crippen molar-refractivity contribution in [2.75, 3.05) is 10.6 Å². The molecule has 33 heavy (non-hydrogen) atoms. The fourth-order valence-electron chi connectivity index (χ4n) is 3.23. The summed E-state index contributed by atoms with van der Waals surface area (Å²) in [5.41, 5.74) is 3.29. The van der Waals surface area contributed by atoms with Crippen LogP contribution >= 0.6 is 11.6 Å². The van der Waals surface area contributed by atoms with Crippen LogP contribution in [0, 0.1) is 12.7 Å². The van der Waals surface area contributed by atoms with Crippen molar-refractivity contribution < 1.29 is 14.0 Å². The summed E-state index contributed by atoms with van der Waals surface area (Å²) in [4.78, 5) is 29.0. The summed E-state index contributed by atoms with van der Waals surface area (Å²) in [6, 6.07) is 18.3. The van der Waals surface area contributed by atoms with Gasteiger partial charge in [-0.3, -0.25) is 9.59 Å². The molecule has 0 spiro atoms. The van der Waals surface area contributed by atoms with Crippen molar-refractivity contribution in [3.63, 3.8) is 0 Å². The van der Waals surface area contributed by atoms with E-state index in [1.165, 1.54) is 18.2 Å². The Kier molecular flexibility index (Phi) is 6.51. The third kappa shape index (κ3) is 5.45. The van der Waals surface area contributed by atoms with Gasteiger partial charge in [-0.05, 0) is 54.4 Å². The molecule has 0 aliphatic rings. The van der Waals surface area contributed by atoms with Crippen molar-refractivity contribution in [3.8, 4) is 0 Å². The number of aromatic nitrogens is 2. The topological polar surface area (TPSA) is 76.0 Å². The van der Waals surface area contributed by atoms with Crippen molar-refractivity contribution in [2.24, 2.45) is 0 Å². The van der Waals surface area contributed by atoms with Crippen LogP contribution in [0.5, 0.6) is 0 Å². The smallest absolute Gasteiger partial charge is 0.275 e. The summed E-state index contributed by atoms with van der Waals surface area (Å²) in [7, 11) is 0. The molecule has 0 aliphatic carbocycles. The summed E-state index contributed by atoms with van der Waals surface area (Å²) in [5, 5.41) is 6.04. The van der Waals surface area contributed by atoms with Gasteiger partial charge in [-0.1, -0.05) is 41.9 Å². The Balaban J connectivity index is 1.38. The third-order valence-electron chi connectivity index (χ3n) is 5.01. The number of carbonyl (C=O) groups is 2. The second kappa shape index (κ2) is 9.67. The van der Waals surface area contributed by atoms with E-state index >= 15 is 0 Å². The largest absolute Gasteiger partial charge is 0.332 e. The average molecular weight is 463 g/mol. The normalized spacial score (nSPS) is 10.6. The van der Waals surface area contributed by atoms with Gasteiger partial charge in [0.05, 0.1) is 11.9 Å². The molecule has 1 aromatic heterocycles. The van der Waals surface area contributed by atoms with Crippen molar-refractivity contribution in [2.45, 2.75) is 13.5 Å². The number of amides is 2. The predicted molar refractivity (Wildman–Crippen MR) is 126 cm³/mol. The van der Waals surface area contributed by atoms with E-state index in [0.717, 1.165) is 11.1 Å². The Hall–Kier alpha value is -3.97. The Morgan fingerprint density at radius 2 is 1.76 bits per heavy atom. The number of hydrogen-bond acceptors (Lipinski definition) is 3. The number of hydrogen-bond donors (Lipinski definition) is 2. The molecule has 4 aromatic rings. The molecule has 166 valence electrons. The summed E-state index contributed by atoms with van der Waals surface area (Å²) in [6.07, 6.45) is 3.23. The lowest BCUT2D eigenvalue weighted by Gasteiger charge is -2.08. The first-order chi connectivity index (χ1) is 15.9. The van der Waals surface area contributed by atoms with Gasteiger partial charge in [-0.25, -0.2) is 9.37 Å². The lowest BCUT2D eigenvalue weighted by Crippen LogP contribution is -2.13. The molecule has 0 fully saturated rings. The standard InChI is InChI=1S/C25H20ClFN4O2/c1-16-6-9-18(26)12-22(16)30-25(33)23-14-31(15-28-23)13-17-7-10-19(11-8-17)29-24(32)20-4-2-3-5-21(20)27/h2-12,14-15H,13H2,1H3,(H,29,32)(H,30,33). The first-order valence-corrected chi connectivity index (χ1v) is 10.5. The van der Waals surface area contributed by atoms with Crippen LogP contribution in [-0.2, 0) is 6.54 Å². The highest BCUT2D eigenvalue weighted by Crippen LogP contribution is 2.21. The number of nitrogens with zero attached hydrogens (tertiary/aromatic N) is 2. The van der Waals surface area contributed by atoms with Crippen molar-refractivity contribution in [3.05, 3.63) is 112 Å². The highest BCUT2D eigenvalue weighted by molar-refractivity contribution is 6.31. The van der Waals surface area contributed by atoms with E-state index in [1.807, 2.05) is 25.1 Å². The minimum Gasteiger partial charge on any atom is -0.332 e. The highest BCUT2D eigenvalue weighted by Gasteiger charge is 2.13. The molecule has 0 atom stereocenters. The van der Waals surface area contributed by atoms with Crippen molar-refractivity contribution in [1.82, 2.24) is 9.55 Å². The predicted octanol–water partition coefficient (Wildman–Crippen LogP) is 5.54. The molecule has 0 saturated carbocycles. The zero-order chi connectivity index (χ0) is 23.4. The van der Waals surface area contributed by atoms with E-state index in [9.17, 15) is 14.0 Å². The van der Waals surface area contributed by atoms with Gasteiger partial charge in [-0.15, -0.1) is 0 Å². The van der Waals surface area contributed by atoms with Crippen LogP contribution < -0.4 is 10.6 Å². The molecule has 0 saturated heterocycles. The number of benzene rings is 3.